The van der Waals surface area contributed by atoms with Crippen LogP contribution in [0.5, 0.6) is 0 Å². The molecular weight excluding hydrogens is 293 g/mol. The van der Waals surface area contributed by atoms with Crippen LogP contribution in [0.2, 0.25) is 0 Å². The van der Waals surface area contributed by atoms with Gasteiger partial charge in [0, 0.05) is 11.5 Å². The Morgan fingerprint density at radius 2 is 1.68 bits per heavy atom. The first-order valence-electron chi connectivity index (χ1n) is 7.11. The summed E-state index contributed by atoms with van der Waals surface area (Å²) in [4.78, 5) is 11.7. The molecule has 1 aliphatic heterocycles. The summed E-state index contributed by atoms with van der Waals surface area (Å²) in [7, 11) is -1.02. The first-order valence-corrected chi connectivity index (χ1v) is 7.11. The third-order valence-corrected chi connectivity index (χ3v) is 4.09. The lowest BCUT2D eigenvalue weighted by atomic mass is 9.78. The summed E-state index contributed by atoms with van der Waals surface area (Å²) in [5.41, 5.74) is -1.69. The van der Waals surface area contributed by atoms with Gasteiger partial charge in [0.2, 0.25) is 0 Å². The van der Waals surface area contributed by atoms with Crippen LogP contribution in [-0.4, -0.2) is 30.9 Å². The molecule has 22 heavy (non-hydrogen) atoms. The van der Waals surface area contributed by atoms with E-state index in [4.69, 9.17) is 14.0 Å². The van der Waals surface area contributed by atoms with E-state index in [9.17, 15) is 13.6 Å². The van der Waals surface area contributed by atoms with Crippen molar-refractivity contribution in [3.05, 3.63) is 29.3 Å². The van der Waals surface area contributed by atoms with Crippen LogP contribution in [0.4, 0.5) is 8.78 Å². The molecule has 4 nitrogen and oxygen atoms in total. The minimum Gasteiger partial charge on any atom is -0.462 e. The number of rotatable bonds is 3. The number of carbonyl (C=O) groups excluding carboxylic acids is 1. The number of hydrogen-bond acceptors (Lipinski definition) is 4. The molecule has 0 amide bonds. The van der Waals surface area contributed by atoms with Crippen molar-refractivity contribution < 1.29 is 27.6 Å². The summed E-state index contributed by atoms with van der Waals surface area (Å²) in [6, 6.07) is 1.73. The fraction of sp³-hybridized carbons (Fsp3) is 0.533. The van der Waals surface area contributed by atoms with Gasteiger partial charge in [-0.2, -0.15) is 0 Å². The van der Waals surface area contributed by atoms with Gasteiger partial charge in [-0.15, -0.1) is 0 Å². The van der Waals surface area contributed by atoms with Crippen molar-refractivity contribution in [2.24, 2.45) is 0 Å². The van der Waals surface area contributed by atoms with Gasteiger partial charge < -0.3 is 14.0 Å². The second-order valence-electron chi connectivity index (χ2n) is 6.16. The summed E-state index contributed by atoms with van der Waals surface area (Å²) in [5.74, 6) is -2.65. The summed E-state index contributed by atoms with van der Waals surface area (Å²) in [5, 5.41) is 0. The molecule has 0 aliphatic carbocycles. The average molecular weight is 312 g/mol. The SMILES string of the molecule is CCOC(=O)c1cc(B2OC(C)(C)C(C)(C)O2)c(F)cc1F. The molecule has 120 valence electrons. The average Bonchev–Trinajstić information content (AvgIpc) is 2.58. The molecule has 0 spiro atoms. The van der Waals surface area contributed by atoms with Gasteiger partial charge in [-0.1, -0.05) is 0 Å². The second kappa shape index (κ2) is 5.63. The molecule has 0 atom stereocenters. The van der Waals surface area contributed by atoms with Crippen LogP contribution in [0.1, 0.15) is 45.0 Å². The number of halogens is 2. The molecule has 0 unspecified atom stereocenters. The Labute approximate surface area is 128 Å². The summed E-state index contributed by atoms with van der Waals surface area (Å²) in [6.45, 7) is 8.98. The highest BCUT2D eigenvalue weighted by Crippen LogP contribution is 2.36. The van der Waals surface area contributed by atoms with Gasteiger partial charge in [-0.3, -0.25) is 0 Å². The zero-order chi connectivity index (χ0) is 16.7. The molecule has 1 aliphatic rings. The molecule has 0 N–H and O–H groups in total. The number of benzene rings is 1. The molecule has 1 aromatic carbocycles. The van der Waals surface area contributed by atoms with Crippen LogP contribution >= 0.6 is 0 Å². The van der Waals surface area contributed by atoms with E-state index >= 15 is 0 Å². The Hall–Kier alpha value is -1.47. The van der Waals surface area contributed by atoms with Crippen molar-refractivity contribution >= 4 is 18.6 Å². The van der Waals surface area contributed by atoms with Crippen molar-refractivity contribution in [1.29, 1.82) is 0 Å². The van der Waals surface area contributed by atoms with Gasteiger partial charge in [-0.05, 0) is 40.7 Å². The summed E-state index contributed by atoms with van der Waals surface area (Å²) < 4.78 is 44.1. The fourth-order valence-electron chi connectivity index (χ4n) is 2.08. The number of hydrogen-bond donors (Lipinski definition) is 0. The molecule has 0 saturated carbocycles. The van der Waals surface area contributed by atoms with Crippen molar-refractivity contribution in [3.8, 4) is 0 Å². The van der Waals surface area contributed by atoms with Crippen LogP contribution in [-0.2, 0) is 14.0 Å². The van der Waals surface area contributed by atoms with E-state index in [2.05, 4.69) is 0 Å². The zero-order valence-electron chi connectivity index (χ0n) is 13.3. The highest BCUT2D eigenvalue weighted by atomic mass is 19.1. The molecule has 2 rings (SSSR count). The van der Waals surface area contributed by atoms with Crippen molar-refractivity contribution in [2.75, 3.05) is 6.61 Å². The number of ether oxygens (including phenoxy) is 1. The molecule has 0 bridgehead atoms. The third kappa shape index (κ3) is 2.87. The van der Waals surface area contributed by atoms with E-state index in [1.807, 2.05) is 27.7 Å². The minimum absolute atomic E-state index is 0.0249. The standard InChI is InChI=1S/C15H19BF2O4/c1-6-20-13(19)9-7-10(12(18)8-11(9)17)16-21-14(2,3)15(4,5)22-16/h7-8H,6H2,1-5H3. The maximum absolute atomic E-state index is 14.1. The lowest BCUT2D eigenvalue weighted by Crippen LogP contribution is -2.41. The van der Waals surface area contributed by atoms with Gasteiger partial charge in [0.1, 0.15) is 11.6 Å². The molecule has 0 radical (unpaired) electrons. The van der Waals surface area contributed by atoms with Crippen molar-refractivity contribution in [3.63, 3.8) is 0 Å². The Morgan fingerprint density at radius 1 is 1.14 bits per heavy atom. The third-order valence-electron chi connectivity index (χ3n) is 4.09. The number of carbonyl (C=O) groups is 1. The van der Waals surface area contributed by atoms with Gasteiger partial charge >= 0.3 is 13.1 Å². The zero-order valence-corrected chi connectivity index (χ0v) is 13.3. The Morgan fingerprint density at radius 3 is 2.18 bits per heavy atom. The van der Waals surface area contributed by atoms with E-state index in [1.54, 1.807) is 6.92 Å². The highest BCUT2D eigenvalue weighted by molar-refractivity contribution is 6.62. The maximum Gasteiger partial charge on any atom is 0.497 e. The molecule has 1 fully saturated rings. The maximum atomic E-state index is 14.1. The number of esters is 1. The predicted octanol–water partition coefficient (Wildman–Crippen LogP) is 2.44. The molecular formula is C15H19BF2O4. The first-order chi connectivity index (χ1) is 10.1. The van der Waals surface area contributed by atoms with Crippen LogP contribution in [0.3, 0.4) is 0 Å². The van der Waals surface area contributed by atoms with E-state index in [1.165, 1.54) is 0 Å². The predicted molar refractivity (Wildman–Crippen MR) is 78.0 cm³/mol. The lowest BCUT2D eigenvalue weighted by molar-refractivity contribution is 0.00578. The van der Waals surface area contributed by atoms with Gasteiger partial charge in [0.15, 0.2) is 0 Å². The van der Waals surface area contributed by atoms with Crippen LogP contribution in [0, 0.1) is 11.6 Å². The lowest BCUT2D eigenvalue weighted by Gasteiger charge is -2.32. The quantitative estimate of drug-likeness (QED) is 0.635. The van der Waals surface area contributed by atoms with E-state index in [0.717, 1.165) is 6.07 Å². The van der Waals surface area contributed by atoms with E-state index in [0.29, 0.717) is 6.07 Å². The molecule has 1 aromatic rings. The van der Waals surface area contributed by atoms with Crippen LogP contribution in [0.15, 0.2) is 12.1 Å². The molecule has 1 heterocycles. The fourth-order valence-corrected chi connectivity index (χ4v) is 2.08. The van der Waals surface area contributed by atoms with Gasteiger partial charge in [-0.25, -0.2) is 13.6 Å². The van der Waals surface area contributed by atoms with Gasteiger partial charge in [0.25, 0.3) is 0 Å². The summed E-state index contributed by atoms with van der Waals surface area (Å²) in [6.07, 6.45) is 0. The first kappa shape index (κ1) is 16.9. The molecule has 0 aromatic heterocycles. The van der Waals surface area contributed by atoms with Crippen LogP contribution < -0.4 is 5.46 Å². The van der Waals surface area contributed by atoms with E-state index in [-0.39, 0.29) is 17.6 Å². The van der Waals surface area contributed by atoms with E-state index < -0.39 is 35.9 Å². The van der Waals surface area contributed by atoms with Crippen molar-refractivity contribution in [2.45, 2.75) is 45.8 Å². The topological polar surface area (TPSA) is 44.8 Å². The highest BCUT2D eigenvalue weighted by Gasteiger charge is 2.52. The monoisotopic (exact) mass is 312 g/mol. The Kier molecular flexibility index (Phi) is 4.32. The smallest absolute Gasteiger partial charge is 0.462 e. The molecule has 7 heteroatoms. The Balaban J connectivity index is 2.41. The second-order valence-corrected chi connectivity index (χ2v) is 6.16. The van der Waals surface area contributed by atoms with Gasteiger partial charge in [0.05, 0.1) is 23.4 Å². The minimum atomic E-state index is -1.02. The van der Waals surface area contributed by atoms with Crippen molar-refractivity contribution in [1.82, 2.24) is 0 Å². The van der Waals surface area contributed by atoms with Crippen LogP contribution in [0.25, 0.3) is 0 Å². The largest absolute Gasteiger partial charge is 0.497 e. The normalized spacial score (nSPS) is 19.3. The molecule has 1 saturated heterocycles. The Bertz CT molecular complexity index is 585. The summed E-state index contributed by atoms with van der Waals surface area (Å²) >= 11 is 0.